The first-order valence-corrected chi connectivity index (χ1v) is 8.23. The van der Waals surface area contributed by atoms with Crippen LogP contribution in [0, 0.1) is 0 Å². The smallest absolute Gasteiger partial charge is 0.401 e. The van der Waals surface area contributed by atoms with Crippen LogP contribution in [0.3, 0.4) is 0 Å². The molecule has 1 aliphatic heterocycles. The second-order valence-corrected chi connectivity index (χ2v) is 6.03. The highest BCUT2D eigenvalue weighted by molar-refractivity contribution is 5.80. The van der Waals surface area contributed by atoms with Gasteiger partial charge in [-0.3, -0.25) is 14.7 Å². The molecule has 6 nitrogen and oxygen atoms in total. The Morgan fingerprint density at radius 2 is 2.12 bits per heavy atom. The van der Waals surface area contributed by atoms with E-state index < -0.39 is 12.7 Å². The molecule has 0 amide bonds. The number of carbonyl (C=O) groups is 1. The van der Waals surface area contributed by atoms with Crippen molar-refractivity contribution in [1.29, 1.82) is 0 Å². The predicted octanol–water partition coefficient (Wildman–Crippen LogP) is 1.52. The Morgan fingerprint density at radius 3 is 2.71 bits per heavy atom. The summed E-state index contributed by atoms with van der Waals surface area (Å²) in [7, 11) is 0. The van der Waals surface area contributed by atoms with Gasteiger partial charge in [-0.1, -0.05) is 0 Å². The van der Waals surface area contributed by atoms with E-state index in [-0.39, 0.29) is 31.1 Å². The molecule has 1 heterocycles. The molecule has 0 radical (unpaired) electrons. The molecule has 0 bridgehead atoms. The molecule has 1 unspecified atom stereocenters. The Hall–Kier alpha value is -1.51. The van der Waals surface area contributed by atoms with Crippen LogP contribution in [0.5, 0.6) is 0 Å². The first-order chi connectivity index (χ1) is 11.2. The zero-order chi connectivity index (χ0) is 18.2. The van der Waals surface area contributed by atoms with Crippen LogP contribution in [0.1, 0.15) is 33.6 Å². The number of carbonyl (C=O) groups excluding carboxylic acids is 1. The van der Waals surface area contributed by atoms with Crippen LogP contribution in [0.2, 0.25) is 0 Å². The lowest BCUT2D eigenvalue weighted by molar-refractivity contribution is -0.147. The molecule has 9 heteroatoms. The van der Waals surface area contributed by atoms with Gasteiger partial charge in [-0.05, 0) is 27.2 Å². The number of esters is 1. The van der Waals surface area contributed by atoms with Crippen molar-refractivity contribution in [1.82, 2.24) is 15.5 Å². The van der Waals surface area contributed by atoms with Crippen LogP contribution in [0.4, 0.5) is 13.2 Å². The lowest BCUT2D eigenvalue weighted by Gasteiger charge is -2.19. The molecule has 1 atom stereocenters. The number of rotatable bonds is 7. The zero-order valence-corrected chi connectivity index (χ0v) is 14.4. The monoisotopic (exact) mass is 352 g/mol. The molecule has 140 valence electrons. The highest BCUT2D eigenvalue weighted by atomic mass is 19.4. The molecule has 0 aromatic rings. The maximum atomic E-state index is 12.4. The summed E-state index contributed by atoms with van der Waals surface area (Å²) in [6, 6.07) is -0.0900. The van der Waals surface area contributed by atoms with Gasteiger partial charge in [-0.2, -0.15) is 13.2 Å². The summed E-state index contributed by atoms with van der Waals surface area (Å²) in [6.45, 7) is 6.17. The molecule has 0 saturated carbocycles. The summed E-state index contributed by atoms with van der Waals surface area (Å²) in [5.74, 6) is 0.190. The van der Waals surface area contributed by atoms with Crippen molar-refractivity contribution in [3.05, 3.63) is 0 Å². The summed E-state index contributed by atoms with van der Waals surface area (Å²) < 4.78 is 42.2. The fourth-order valence-corrected chi connectivity index (χ4v) is 2.44. The summed E-state index contributed by atoms with van der Waals surface area (Å²) in [6.07, 6.45) is -3.55. The fraction of sp³-hybridized carbons (Fsp3) is 0.867. The van der Waals surface area contributed by atoms with Crippen molar-refractivity contribution in [3.63, 3.8) is 0 Å². The molecule has 0 aromatic heterocycles. The van der Waals surface area contributed by atoms with Gasteiger partial charge >= 0.3 is 12.1 Å². The van der Waals surface area contributed by atoms with Crippen LogP contribution >= 0.6 is 0 Å². The summed E-state index contributed by atoms with van der Waals surface area (Å²) in [4.78, 5) is 17.1. The minimum atomic E-state index is -4.18. The minimum Gasteiger partial charge on any atom is -0.463 e. The second kappa shape index (κ2) is 9.71. The average molecular weight is 352 g/mol. The lowest BCUT2D eigenvalue weighted by Crippen LogP contribution is -2.45. The van der Waals surface area contributed by atoms with Crippen LogP contribution in [0.15, 0.2) is 4.99 Å². The first kappa shape index (κ1) is 20.5. The van der Waals surface area contributed by atoms with Crippen molar-refractivity contribution in [3.8, 4) is 0 Å². The van der Waals surface area contributed by atoms with Gasteiger partial charge in [-0.25, -0.2) is 0 Å². The molecular formula is C15H27F3N4O2. The lowest BCUT2D eigenvalue weighted by atomic mass is 10.3. The van der Waals surface area contributed by atoms with Gasteiger partial charge in [0.2, 0.25) is 0 Å². The third-order valence-corrected chi connectivity index (χ3v) is 3.31. The third kappa shape index (κ3) is 8.95. The molecule has 0 spiro atoms. The normalized spacial score (nSPS) is 19.6. The number of nitrogens with zero attached hydrogens (tertiary/aromatic N) is 2. The van der Waals surface area contributed by atoms with Crippen LogP contribution in [0.25, 0.3) is 0 Å². The Bertz CT molecular complexity index is 427. The number of halogens is 3. The van der Waals surface area contributed by atoms with Gasteiger partial charge in [0, 0.05) is 25.7 Å². The highest BCUT2D eigenvalue weighted by Crippen LogP contribution is 2.19. The van der Waals surface area contributed by atoms with Gasteiger partial charge in [0.25, 0.3) is 0 Å². The SMILES string of the molecule is CCNC(=NCCC(=O)OC(C)C)NC1CCN(CC(F)(F)F)C1. The number of guanidine groups is 1. The Balaban J connectivity index is 2.43. The van der Waals surface area contributed by atoms with E-state index in [0.717, 1.165) is 0 Å². The molecule has 1 rings (SSSR count). The quantitative estimate of drug-likeness (QED) is 0.413. The zero-order valence-electron chi connectivity index (χ0n) is 14.4. The van der Waals surface area contributed by atoms with E-state index in [0.29, 0.717) is 32.0 Å². The number of alkyl halides is 3. The van der Waals surface area contributed by atoms with Gasteiger partial charge in [0.05, 0.1) is 25.6 Å². The van der Waals surface area contributed by atoms with Crippen molar-refractivity contribution in [2.75, 3.05) is 32.7 Å². The van der Waals surface area contributed by atoms with Crippen molar-refractivity contribution >= 4 is 11.9 Å². The number of ether oxygens (including phenoxy) is 1. The van der Waals surface area contributed by atoms with E-state index in [9.17, 15) is 18.0 Å². The summed E-state index contributed by atoms with van der Waals surface area (Å²) >= 11 is 0. The highest BCUT2D eigenvalue weighted by Gasteiger charge is 2.34. The van der Waals surface area contributed by atoms with Gasteiger partial charge < -0.3 is 15.4 Å². The maximum Gasteiger partial charge on any atom is 0.401 e. The third-order valence-electron chi connectivity index (χ3n) is 3.31. The standard InChI is InChI=1S/C15H27F3N4O2/c1-4-19-14(20-7-5-13(23)24-11(2)3)21-12-6-8-22(9-12)10-15(16,17)18/h11-12H,4-10H2,1-3H3,(H2,19,20,21). The van der Waals surface area contributed by atoms with Crippen LogP contribution < -0.4 is 10.6 Å². The Labute approximate surface area is 140 Å². The van der Waals surface area contributed by atoms with E-state index in [1.807, 2.05) is 6.92 Å². The Morgan fingerprint density at radius 1 is 1.42 bits per heavy atom. The Kier molecular flexibility index (Phi) is 8.30. The van der Waals surface area contributed by atoms with Crippen molar-refractivity contribution < 1.29 is 22.7 Å². The number of hydrogen-bond acceptors (Lipinski definition) is 4. The number of nitrogens with one attached hydrogen (secondary N) is 2. The largest absolute Gasteiger partial charge is 0.463 e. The fourth-order valence-electron chi connectivity index (χ4n) is 2.44. The van der Waals surface area contributed by atoms with Crippen LogP contribution in [-0.2, 0) is 9.53 Å². The second-order valence-electron chi connectivity index (χ2n) is 6.03. The summed E-state index contributed by atoms with van der Waals surface area (Å²) in [5.41, 5.74) is 0. The average Bonchev–Trinajstić information content (AvgIpc) is 2.82. The molecule has 24 heavy (non-hydrogen) atoms. The van der Waals surface area contributed by atoms with E-state index in [1.54, 1.807) is 13.8 Å². The first-order valence-electron chi connectivity index (χ1n) is 8.23. The van der Waals surface area contributed by atoms with Crippen LogP contribution in [-0.4, -0.2) is 67.9 Å². The molecule has 2 N–H and O–H groups in total. The van der Waals surface area contributed by atoms with E-state index in [1.165, 1.54) is 4.90 Å². The summed E-state index contributed by atoms with van der Waals surface area (Å²) in [5, 5.41) is 6.16. The number of hydrogen-bond donors (Lipinski definition) is 2. The molecule has 0 aliphatic carbocycles. The number of aliphatic imine (C=N–C) groups is 1. The van der Waals surface area contributed by atoms with Gasteiger partial charge in [0.15, 0.2) is 5.96 Å². The molecule has 1 saturated heterocycles. The minimum absolute atomic E-state index is 0.0900. The van der Waals surface area contributed by atoms with E-state index >= 15 is 0 Å². The van der Waals surface area contributed by atoms with Crippen molar-refractivity contribution in [2.45, 2.75) is 51.9 Å². The molecule has 1 fully saturated rings. The van der Waals surface area contributed by atoms with E-state index in [2.05, 4.69) is 15.6 Å². The molecule has 0 aromatic carbocycles. The molecule has 1 aliphatic rings. The molecular weight excluding hydrogens is 325 g/mol. The predicted molar refractivity (Wildman–Crippen MR) is 85.9 cm³/mol. The van der Waals surface area contributed by atoms with Crippen molar-refractivity contribution in [2.24, 2.45) is 4.99 Å². The van der Waals surface area contributed by atoms with Gasteiger partial charge in [-0.15, -0.1) is 0 Å². The maximum absolute atomic E-state index is 12.4. The van der Waals surface area contributed by atoms with E-state index in [4.69, 9.17) is 4.74 Å². The topological polar surface area (TPSA) is 66.0 Å². The number of likely N-dealkylation sites (tertiary alicyclic amines) is 1. The van der Waals surface area contributed by atoms with Gasteiger partial charge in [0.1, 0.15) is 0 Å².